The van der Waals surface area contributed by atoms with Gasteiger partial charge in [-0.05, 0) is 95.7 Å². The van der Waals surface area contributed by atoms with E-state index >= 15 is 0 Å². The standard InChI is InChI=1S/C21H35N5O4.C21H37N3O4/c1-4-6-10-29-14-16-8-7-9-26(13-16)19-12-17(21(28)30-5-2)11-18(24-25-22)20(19)23-15(3)27;1-4-6-10-27-14-16-8-7-9-24(13-16)19-12-17(21(26)28-5-2)11-18(22)20(19)23-15(3)25/h12,16,18-20H,4-11,13-14H2,1-3H3,(H,23,27);12,16,18-20H,4-11,13-14,22H2,1-3H3,(H,23,25)/t2*16-,18-,19+,20+/m00/s1. The van der Waals surface area contributed by atoms with Gasteiger partial charge in [-0.15, -0.1) is 0 Å². The molecule has 16 nitrogen and oxygen atoms in total. The number of hydrogen-bond donors (Lipinski definition) is 3. The van der Waals surface area contributed by atoms with Crippen LogP contribution in [0.25, 0.3) is 10.4 Å². The second-order valence-corrected chi connectivity index (χ2v) is 16.0. The lowest BCUT2D eigenvalue weighted by Crippen LogP contribution is -2.62. The number of carbonyl (C=O) groups is 4. The zero-order valence-corrected chi connectivity index (χ0v) is 36.0. The number of esters is 2. The van der Waals surface area contributed by atoms with Crippen molar-refractivity contribution in [2.24, 2.45) is 22.7 Å². The summed E-state index contributed by atoms with van der Waals surface area (Å²) in [6, 6.07) is -1.82. The van der Waals surface area contributed by atoms with Gasteiger partial charge in [0.2, 0.25) is 11.8 Å². The molecular formula is C42H72N8O8. The number of rotatable bonds is 19. The maximum Gasteiger partial charge on any atom is 0.333 e. The lowest BCUT2D eigenvalue weighted by Gasteiger charge is -2.44. The van der Waals surface area contributed by atoms with Crippen LogP contribution in [-0.4, -0.2) is 136 Å². The third-order valence-electron chi connectivity index (χ3n) is 11.2. The largest absolute Gasteiger partial charge is 0.463 e. The molecule has 0 bridgehead atoms. The Morgan fingerprint density at radius 1 is 0.776 bits per heavy atom. The number of hydrogen-bond acceptors (Lipinski definition) is 12. The van der Waals surface area contributed by atoms with E-state index in [-0.39, 0.29) is 55.0 Å². The number of ether oxygens (including phenoxy) is 4. The van der Waals surface area contributed by atoms with Crippen LogP contribution in [0, 0.1) is 11.8 Å². The van der Waals surface area contributed by atoms with E-state index in [9.17, 15) is 19.2 Å². The van der Waals surface area contributed by atoms with Crippen molar-refractivity contribution in [2.45, 2.75) is 142 Å². The van der Waals surface area contributed by atoms with E-state index in [2.05, 4.69) is 44.3 Å². The lowest BCUT2D eigenvalue weighted by atomic mass is 9.84. The molecule has 16 heteroatoms. The van der Waals surface area contributed by atoms with Gasteiger partial charge < -0.3 is 35.3 Å². The Morgan fingerprint density at radius 2 is 1.24 bits per heavy atom. The Balaban J connectivity index is 0.000000311. The Morgan fingerprint density at radius 3 is 1.69 bits per heavy atom. The van der Waals surface area contributed by atoms with Gasteiger partial charge in [-0.25, -0.2) is 9.59 Å². The molecule has 4 aliphatic rings. The van der Waals surface area contributed by atoms with Crippen molar-refractivity contribution in [3.05, 3.63) is 33.7 Å². The summed E-state index contributed by atoms with van der Waals surface area (Å²) in [4.78, 5) is 55.9. The lowest BCUT2D eigenvalue weighted by molar-refractivity contribution is -0.139. The molecule has 0 spiro atoms. The van der Waals surface area contributed by atoms with E-state index in [4.69, 9.17) is 30.2 Å². The number of amides is 2. The molecule has 4 N–H and O–H groups in total. The van der Waals surface area contributed by atoms with Crippen LogP contribution in [0.3, 0.4) is 0 Å². The number of nitrogens with two attached hydrogens (primary N) is 1. The molecule has 2 heterocycles. The summed E-state index contributed by atoms with van der Waals surface area (Å²) in [5, 5.41) is 9.88. The number of azide groups is 1. The molecule has 8 atom stereocenters. The predicted molar refractivity (Wildman–Crippen MR) is 222 cm³/mol. The van der Waals surface area contributed by atoms with E-state index in [1.54, 1.807) is 13.8 Å². The average Bonchev–Trinajstić information content (AvgIpc) is 3.20. The van der Waals surface area contributed by atoms with Gasteiger partial charge in [-0.3, -0.25) is 19.4 Å². The molecule has 0 aromatic heterocycles. The molecule has 2 amide bonds. The highest BCUT2D eigenvalue weighted by atomic mass is 16.5. The molecule has 2 aliphatic heterocycles. The summed E-state index contributed by atoms with van der Waals surface area (Å²) < 4.78 is 22.1. The van der Waals surface area contributed by atoms with Crippen molar-refractivity contribution < 1.29 is 38.1 Å². The SMILES string of the molecule is CCCCOC[C@H]1CCCN([C@@H]2C=C(C(=O)OCC)C[C@H](N)[C@H]2NC(C)=O)C1.CCCCOC[C@H]1CCCN([C@@H]2C=C(C(=O)OCC)C[C@H](N=[N+]=[N-])[C@H]2NC(C)=O)C1. The first kappa shape index (κ1) is 48.8. The Labute approximate surface area is 345 Å². The third kappa shape index (κ3) is 15.9. The zero-order valence-electron chi connectivity index (χ0n) is 36.0. The molecular weight excluding hydrogens is 745 g/mol. The van der Waals surface area contributed by atoms with E-state index in [1.807, 2.05) is 12.2 Å². The van der Waals surface area contributed by atoms with Crippen molar-refractivity contribution in [1.82, 2.24) is 20.4 Å². The topological polar surface area (TPSA) is 211 Å². The molecule has 328 valence electrons. The maximum atomic E-state index is 12.4. The van der Waals surface area contributed by atoms with Gasteiger partial charge in [0, 0.05) is 68.3 Å². The van der Waals surface area contributed by atoms with Crippen molar-refractivity contribution in [3.63, 3.8) is 0 Å². The molecule has 0 aromatic rings. The second kappa shape index (κ2) is 26.5. The highest BCUT2D eigenvalue weighted by molar-refractivity contribution is 5.89. The Kier molecular flexibility index (Phi) is 22.4. The third-order valence-corrected chi connectivity index (χ3v) is 11.2. The fourth-order valence-corrected chi connectivity index (χ4v) is 8.41. The van der Waals surface area contributed by atoms with Gasteiger partial charge in [0.25, 0.3) is 0 Å². The van der Waals surface area contributed by atoms with Gasteiger partial charge in [0.15, 0.2) is 0 Å². The van der Waals surface area contributed by atoms with Gasteiger partial charge in [-0.2, -0.15) is 0 Å². The number of nitrogens with one attached hydrogen (secondary N) is 2. The van der Waals surface area contributed by atoms with Crippen LogP contribution < -0.4 is 16.4 Å². The molecule has 4 rings (SSSR count). The summed E-state index contributed by atoms with van der Waals surface area (Å²) in [5.41, 5.74) is 16.6. The minimum Gasteiger partial charge on any atom is -0.463 e. The van der Waals surface area contributed by atoms with Crippen molar-refractivity contribution in [2.75, 3.05) is 65.8 Å². The summed E-state index contributed by atoms with van der Waals surface area (Å²) in [6.45, 7) is 18.0. The smallest absolute Gasteiger partial charge is 0.333 e. The predicted octanol–water partition coefficient (Wildman–Crippen LogP) is 4.57. The van der Waals surface area contributed by atoms with Crippen LogP contribution in [0.1, 0.15) is 106 Å². The van der Waals surface area contributed by atoms with Crippen LogP contribution in [-0.2, 0) is 38.1 Å². The molecule has 0 aromatic carbocycles. The van der Waals surface area contributed by atoms with Crippen LogP contribution >= 0.6 is 0 Å². The van der Waals surface area contributed by atoms with Crippen LogP contribution in [0.2, 0.25) is 0 Å². The van der Waals surface area contributed by atoms with Crippen LogP contribution in [0.5, 0.6) is 0 Å². The first-order valence-electron chi connectivity index (χ1n) is 21.7. The number of nitrogens with zero attached hydrogens (tertiary/aromatic N) is 5. The molecule has 2 fully saturated rings. The monoisotopic (exact) mass is 817 g/mol. The van der Waals surface area contributed by atoms with E-state index in [0.717, 1.165) is 97.4 Å². The van der Waals surface area contributed by atoms with E-state index in [0.29, 0.717) is 42.6 Å². The van der Waals surface area contributed by atoms with Crippen molar-refractivity contribution in [3.8, 4) is 0 Å². The van der Waals surface area contributed by atoms with Crippen molar-refractivity contribution in [1.29, 1.82) is 0 Å². The zero-order chi connectivity index (χ0) is 42.5. The minimum absolute atomic E-state index is 0.102. The number of piperidine rings is 2. The Hall–Kier alpha value is -3.53. The molecule has 2 aliphatic carbocycles. The number of unbranched alkanes of at least 4 members (excludes halogenated alkanes) is 2. The molecule has 2 saturated heterocycles. The molecule has 58 heavy (non-hydrogen) atoms. The van der Waals surface area contributed by atoms with Crippen molar-refractivity contribution >= 4 is 23.8 Å². The van der Waals surface area contributed by atoms with E-state index < -0.39 is 18.1 Å². The average molecular weight is 817 g/mol. The normalized spacial score (nSPS) is 27.7. The highest BCUT2D eigenvalue weighted by Gasteiger charge is 2.41. The minimum atomic E-state index is -0.547. The summed E-state index contributed by atoms with van der Waals surface area (Å²) >= 11 is 0. The number of carbonyl (C=O) groups excluding carboxylic acids is 4. The highest BCUT2D eigenvalue weighted by Crippen LogP contribution is 2.31. The van der Waals surface area contributed by atoms with Gasteiger partial charge in [0.05, 0.1) is 50.6 Å². The molecule has 0 saturated carbocycles. The maximum absolute atomic E-state index is 12.4. The summed E-state index contributed by atoms with van der Waals surface area (Å²) in [7, 11) is 0. The van der Waals surface area contributed by atoms with Gasteiger partial charge in [0.1, 0.15) is 0 Å². The summed E-state index contributed by atoms with van der Waals surface area (Å²) in [6.07, 6.45) is 13.2. The quantitative estimate of drug-likeness (QED) is 0.0541. The first-order valence-corrected chi connectivity index (χ1v) is 21.7. The number of likely N-dealkylation sites (tertiary alicyclic amines) is 2. The summed E-state index contributed by atoms with van der Waals surface area (Å²) in [5.74, 6) is -0.129. The Bertz CT molecular complexity index is 1420. The van der Waals surface area contributed by atoms with Gasteiger partial charge in [-0.1, -0.05) is 44.0 Å². The second-order valence-electron chi connectivity index (χ2n) is 16.0. The van der Waals surface area contributed by atoms with Crippen LogP contribution in [0.15, 0.2) is 28.4 Å². The molecule has 0 unspecified atom stereocenters. The fraction of sp³-hybridized carbons (Fsp3) is 0.810. The van der Waals surface area contributed by atoms with E-state index in [1.165, 1.54) is 13.8 Å². The van der Waals surface area contributed by atoms with Gasteiger partial charge >= 0.3 is 11.9 Å². The molecule has 0 radical (unpaired) electrons. The fourth-order valence-electron chi connectivity index (χ4n) is 8.41. The van der Waals surface area contributed by atoms with Crippen LogP contribution in [0.4, 0.5) is 0 Å². The first-order chi connectivity index (χ1) is 27.9.